The number of carbonyl (C=O) groups is 1. The summed E-state index contributed by atoms with van der Waals surface area (Å²) in [4.78, 5) is 11.7. The maximum atomic E-state index is 11.7. The van der Waals surface area contributed by atoms with E-state index in [4.69, 9.17) is 4.74 Å². The summed E-state index contributed by atoms with van der Waals surface area (Å²) in [5.74, 6) is -0.212. The topological polar surface area (TPSA) is 26.3 Å². The van der Waals surface area contributed by atoms with Gasteiger partial charge in [-0.15, -0.1) is 0 Å². The second-order valence-electron chi connectivity index (χ2n) is 3.59. The third-order valence-electron chi connectivity index (χ3n) is 2.35. The van der Waals surface area contributed by atoms with Gasteiger partial charge in [0.15, 0.2) is 0 Å². The van der Waals surface area contributed by atoms with E-state index >= 15 is 0 Å². The molecule has 0 aliphatic heterocycles. The van der Waals surface area contributed by atoms with Gasteiger partial charge in [-0.2, -0.15) is 0 Å². The molecule has 2 heteroatoms. The summed E-state index contributed by atoms with van der Waals surface area (Å²) in [6.45, 7) is 4.14. The summed E-state index contributed by atoms with van der Waals surface area (Å²) in [6.07, 6.45) is 2.92. The van der Waals surface area contributed by atoms with Gasteiger partial charge in [0.05, 0.1) is 5.56 Å². The van der Waals surface area contributed by atoms with Gasteiger partial charge in [0, 0.05) is 0 Å². The smallest absolute Gasteiger partial charge is 0.338 e. The molecular weight excluding hydrogens is 188 g/mol. The molecule has 0 aliphatic rings. The lowest BCUT2D eigenvalue weighted by molar-refractivity contribution is 0.0271. The van der Waals surface area contributed by atoms with Crippen molar-refractivity contribution in [2.24, 2.45) is 0 Å². The Bertz CT molecular complexity index is 293. The minimum atomic E-state index is -0.212. The number of benzene rings is 1. The summed E-state index contributed by atoms with van der Waals surface area (Å²) >= 11 is 0. The van der Waals surface area contributed by atoms with Crippen LogP contribution < -0.4 is 0 Å². The van der Waals surface area contributed by atoms with Gasteiger partial charge in [-0.05, 0) is 25.0 Å². The lowest BCUT2D eigenvalue weighted by atomic mass is 10.1. The Morgan fingerprint density at radius 1 is 1.27 bits per heavy atom. The van der Waals surface area contributed by atoms with Crippen LogP contribution in [0.3, 0.4) is 0 Å². The Balaban J connectivity index is 2.55. The molecule has 0 aromatic heterocycles. The van der Waals surface area contributed by atoms with E-state index in [0.29, 0.717) is 5.56 Å². The average Bonchev–Trinajstić information content (AvgIpc) is 2.29. The zero-order chi connectivity index (χ0) is 11.1. The van der Waals surface area contributed by atoms with Crippen LogP contribution in [0.25, 0.3) is 0 Å². The number of hydrogen-bond donors (Lipinski definition) is 0. The van der Waals surface area contributed by atoms with Crippen LogP contribution in [0, 0.1) is 0 Å². The van der Waals surface area contributed by atoms with E-state index in [1.807, 2.05) is 25.1 Å². The molecular formula is C13H18O2. The van der Waals surface area contributed by atoms with Gasteiger partial charge in [0.25, 0.3) is 0 Å². The molecule has 0 saturated heterocycles. The highest BCUT2D eigenvalue weighted by Gasteiger charge is 2.12. The first-order valence-corrected chi connectivity index (χ1v) is 5.54. The van der Waals surface area contributed by atoms with Crippen molar-refractivity contribution in [2.45, 2.75) is 39.2 Å². The molecule has 0 radical (unpaired) electrons. The van der Waals surface area contributed by atoms with Gasteiger partial charge >= 0.3 is 5.97 Å². The summed E-state index contributed by atoms with van der Waals surface area (Å²) in [5.41, 5.74) is 0.632. The van der Waals surface area contributed by atoms with E-state index in [1.54, 1.807) is 12.1 Å². The number of hydrogen-bond acceptors (Lipinski definition) is 2. The van der Waals surface area contributed by atoms with Crippen molar-refractivity contribution in [1.82, 2.24) is 0 Å². The maximum Gasteiger partial charge on any atom is 0.338 e. The predicted molar refractivity (Wildman–Crippen MR) is 60.8 cm³/mol. The highest BCUT2D eigenvalue weighted by Crippen LogP contribution is 2.10. The fourth-order valence-corrected chi connectivity index (χ4v) is 1.46. The third-order valence-corrected chi connectivity index (χ3v) is 2.35. The van der Waals surface area contributed by atoms with Crippen LogP contribution in [0.4, 0.5) is 0 Å². The van der Waals surface area contributed by atoms with Crippen molar-refractivity contribution in [3.8, 4) is 0 Å². The molecule has 82 valence electrons. The molecule has 1 aromatic carbocycles. The van der Waals surface area contributed by atoms with E-state index in [-0.39, 0.29) is 12.1 Å². The lowest BCUT2D eigenvalue weighted by Crippen LogP contribution is -2.17. The first-order valence-electron chi connectivity index (χ1n) is 5.54. The zero-order valence-corrected chi connectivity index (χ0v) is 9.40. The highest BCUT2D eigenvalue weighted by atomic mass is 16.5. The quantitative estimate of drug-likeness (QED) is 0.690. The minimum Gasteiger partial charge on any atom is -0.459 e. The Morgan fingerprint density at radius 3 is 2.47 bits per heavy atom. The normalized spacial score (nSPS) is 12.1. The SMILES string of the molecule is CCCC(CC)OC(=O)c1ccccc1. The van der Waals surface area contributed by atoms with Crippen LogP contribution in [-0.4, -0.2) is 12.1 Å². The molecule has 0 bridgehead atoms. The molecule has 0 fully saturated rings. The molecule has 0 aliphatic carbocycles. The van der Waals surface area contributed by atoms with Crippen LogP contribution in [0.15, 0.2) is 30.3 Å². The molecule has 1 rings (SSSR count). The monoisotopic (exact) mass is 206 g/mol. The molecule has 0 N–H and O–H groups in total. The van der Waals surface area contributed by atoms with Gasteiger partial charge < -0.3 is 4.74 Å². The number of esters is 1. The highest BCUT2D eigenvalue weighted by molar-refractivity contribution is 5.89. The van der Waals surface area contributed by atoms with E-state index < -0.39 is 0 Å². The molecule has 0 saturated carbocycles. The molecule has 1 atom stereocenters. The van der Waals surface area contributed by atoms with E-state index in [1.165, 1.54) is 0 Å². The van der Waals surface area contributed by atoms with E-state index in [2.05, 4.69) is 6.92 Å². The third kappa shape index (κ3) is 3.74. The number of rotatable bonds is 5. The Labute approximate surface area is 91.3 Å². The molecule has 15 heavy (non-hydrogen) atoms. The van der Waals surface area contributed by atoms with Gasteiger partial charge in [0.2, 0.25) is 0 Å². The van der Waals surface area contributed by atoms with E-state index in [9.17, 15) is 4.79 Å². The summed E-state index contributed by atoms with van der Waals surface area (Å²) < 4.78 is 5.39. The zero-order valence-electron chi connectivity index (χ0n) is 9.40. The molecule has 1 unspecified atom stereocenters. The van der Waals surface area contributed by atoms with Crippen molar-refractivity contribution in [3.63, 3.8) is 0 Å². The van der Waals surface area contributed by atoms with Gasteiger partial charge in [-0.1, -0.05) is 38.5 Å². The van der Waals surface area contributed by atoms with Crippen molar-refractivity contribution < 1.29 is 9.53 Å². The predicted octanol–water partition coefficient (Wildman–Crippen LogP) is 3.42. The van der Waals surface area contributed by atoms with Gasteiger partial charge in [-0.25, -0.2) is 4.79 Å². The summed E-state index contributed by atoms with van der Waals surface area (Å²) in [6, 6.07) is 9.14. The van der Waals surface area contributed by atoms with Gasteiger partial charge in [0.1, 0.15) is 6.10 Å². The summed E-state index contributed by atoms with van der Waals surface area (Å²) in [7, 11) is 0. The first-order chi connectivity index (χ1) is 7.27. The molecule has 2 nitrogen and oxygen atoms in total. The second kappa shape index (κ2) is 6.23. The molecule has 0 amide bonds. The lowest BCUT2D eigenvalue weighted by Gasteiger charge is -2.14. The standard InChI is InChI=1S/C13H18O2/c1-3-8-12(4-2)15-13(14)11-9-6-5-7-10-11/h5-7,9-10,12H,3-4,8H2,1-2H3. The minimum absolute atomic E-state index is 0.0581. The van der Waals surface area contributed by atoms with Gasteiger partial charge in [-0.3, -0.25) is 0 Å². The Morgan fingerprint density at radius 2 is 1.93 bits per heavy atom. The van der Waals surface area contributed by atoms with Crippen molar-refractivity contribution in [3.05, 3.63) is 35.9 Å². The second-order valence-corrected chi connectivity index (χ2v) is 3.59. The van der Waals surface area contributed by atoms with Crippen LogP contribution >= 0.6 is 0 Å². The van der Waals surface area contributed by atoms with Crippen LogP contribution in [0.5, 0.6) is 0 Å². The van der Waals surface area contributed by atoms with Crippen LogP contribution in [0.1, 0.15) is 43.5 Å². The largest absolute Gasteiger partial charge is 0.459 e. The maximum absolute atomic E-state index is 11.7. The average molecular weight is 206 g/mol. The first kappa shape index (κ1) is 11.8. The molecule has 1 aromatic rings. The number of carbonyl (C=O) groups excluding carboxylic acids is 1. The fourth-order valence-electron chi connectivity index (χ4n) is 1.46. The fraction of sp³-hybridized carbons (Fsp3) is 0.462. The number of ether oxygens (including phenoxy) is 1. The Hall–Kier alpha value is -1.31. The van der Waals surface area contributed by atoms with Crippen LogP contribution in [0.2, 0.25) is 0 Å². The van der Waals surface area contributed by atoms with Crippen LogP contribution in [-0.2, 0) is 4.74 Å². The summed E-state index contributed by atoms with van der Waals surface area (Å²) in [5, 5.41) is 0. The van der Waals surface area contributed by atoms with E-state index in [0.717, 1.165) is 19.3 Å². The molecule has 0 spiro atoms. The van der Waals surface area contributed by atoms with Crippen molar-refractivity contribution in [1.29, 1.82) is 0 Å². The van der Waals surface area contributed by atoms with Crippen molar-refractivity contribution >= 4 is 5.97 Å². The Kier molecular flexibility index (Phi) is 4.88. The van der Waals surface area contributed by atoms with Crippen molar-refractivity contribution in [2.75, 3.05) is 0 Å². The molecule has 0 heterocycles.